The Balaban J connectivity index is 1.99. The number of benzene rings is 1. The highest BCUT2D eigenvalue weighted by atomic mass is 15.2. The molecule has 1 heterocycles. The number of rotatable bonds is 3. The van der Waals surface area contributed by atoms with Crippen molar-refractivity contribution in [2.45, 2.75) is 18.4 Å². The van der Waals surface area contributed by atoms with Crippen molar-refractivity contribution in [3.8, 4) is 6.07 Å². The summed E-state index contributed by atoms with van der Waals surface area (Å²) in [5, 5.41) is 9.20. The Bertz CT molecular complexity index is 369. The third-order valence-corrected chi connectivity index (χ3v) is 3.11. The average molecular weight is 215 g/mol. The van der Waals surface area contributed by atoms with E-state index in [1.165, 1.54) is 0 Å². The van der Waals surface area contributed by atoms with Crippen LogP contribution in [0.15, 0.2) is 30.3 Å². The molecule has 0 bridgehead atoms. The van der Waals surface area contributed by atoms with E-state index in [0.717, 1.165) is 31.6 Å². The van der Waals surface area contributed by atoms with E-state index in [9.17, 15) is 5.26 Å². The lowest BCUT2D eigenvalue weighted by molar-refractivity contribution is 0.327. The van der Waals surface area contributed by atoms with Crippen LogP contribution in [0.25, 0.3) is 0 Å². The van der Waals surface area contributed by atoms with E-state index >= 15 is 0 Å². The van der Waals surface area contributed by atoms with Crippen LogP contribution in [0.4, 0.5) is 0 Å². The monoisotopic (exact) mass is 215 g/mol. The van der Waals surface area contributed by atoms with E-state index < -0.39 is 0 Å². The molecular formula is C13H17N3. The van der Waals surface area contributed by atoms with Gasteiger partial charge in [-0.1, -0.05) is 30.3 Å². The first kappa shape index (κ1) is 11.1. The van der Waals surface area contributed by atoms with E-state index in [1.807, 2.05) is 30.3 Å². The van der Waals surface area contributed by atoms with Crippen molar-refractivity contribution in [3.05, 3.63) is 35.9 Å². The van der Waals surface area contributed by atoms with Gasteiger partial charge in [0.2, 0.25) is 0 Å². The first-order chi connectivity index (χ1) is 7.79. The first-order valence-electron chi connectivity index (χ1n) is 5.72. The van der Waals surface area contributed by atoms with E-state index in [2.05, 4.69) is 11.0 Å². The Kier molecular flexibility index (Phi) is 3.55. The quantitative estimate of drug-likeness (QED) is 0.827. The molecule has 0 amide bonds. The summed E-state index contributed by atoms with van der Waals surface area (Å²) in [5.74, 6) is -0.0356. The molecule has 2 rings (SSSR count). The SMILES string of the molecule is N#CC(CN1CC[C@@H](N)C1)c1ccccc1. The Morgan fingerprint density at radius 3 is 2.75 bits per heavy atom. The second kappa shape index (κ2) is 5.11. The van der Waals surface area contributed by atoms with Gasteiger partial charge in [-0.2, -0.15) is 5.26 Å². The summed E-state index contributed by atoms with van der Waals surface area (Å²) < 4.78 is 0. The van der Waals surface area contributed by atoms with Crippen molar-refractivity contribution >= 4 is 0 Å². The summed E-state index contributed by atoms with van der Waals surface area (Å²) >= 11 is 0. The Morgan fingerprint density at radius 2 is 2.19 bits per heavy atom. The Morgan fingerprint density at radius 1 is 1.44 bits per heavy atom. The summed E-state index contributed by atoms with van der Waals surface area (Å²) in [6.45, 7) is 2.74. The molecule has 1 aliphatic heterocycles. The van der Waals surface area contributed by atoms with Gasteiger partial charge in [-0.15, -0.1) is 0 Å². The van der Waals surface area contributed by atoms with Gasteiger partial charge >= 0.3 is 0 Å². The van der Waals surface area contributed by atoms with Crippen molar-refractivity contribution in [1.29, 1.82) is 5.26 Å². The number of hydrogen-bond donors (Lipinski definition) is 1. The van der Waals surface area contributed by atoms with Crippen LogP contribution in [0.3, 0.4) is 0 Å². The largest absolute Gasteiger partial charge is 0.326 e. The maximum atomic E-state index is 9.20. The van der Waals surface area contributed by atoms with Gasteiger partial charge in [0, 0.05) is 19.1 Å². The molecule has 2 atom stereocenters. The fraction of sp³-hybridized carbons (Fsp3) is 0.462. The van der Waals surface area contributed by atoms with Crippen LogP contribution in [-0.4, -0.2) is 30.6 Å². The summed E-state index contributed by atoms with van der Waals surface area (Å²) in [7, 11) is 0. The Hall–Kier alpha value is -1.37. The lowest BCUT2D eigenvalue weighted by atomic mass is 10.0. The minimum absolute atomic E-state index is 0.0356. The molecule has 16 heavy (non-hydrogen) atoms. The third-order valence-electron chi connectivity index (χ3n) is 3.11. The zero-order valence-electron chi connectivity index (χ0n) is 9.34. The predicted molar refractivity (Wildman–Crippen MR) is 63.8 cm³/mol. The van der Waals surface area contributed by atoms with Crippen LogP contribution in [0, 0.1) is 11.3 Å². The minimum atomic E-state index is -0.0356. The lowest BCUT2D eigenvalue weighted by Gasteiger charge is -2.18. The molecule has 0 radical (unpaired) electrons. The van der Waals surface area contributed by atoms with Crippen molar-refractivity contribution in [2.75, 3.05) is 19.6 Å². The zero-order chi connectivity index (χ0) is 11.4. The molecule has 1 unspecified atom stereocenters. The standard InChI is InChI=1S/C13H17N3/c14-8-12(11-4-2-1-3-5-11)9-16-7-6-13(15)10-16/h1-5,12-13H,6-7,9-10,15H2/t12?,13-/m1/s1. The molecule has 3 nitrogen and oxygen atoms in total. The highest BCUT2D eigenvalue weighted by Crippen LogP contribution is 2.18. The fourth-order valence-electron chi connectivity index (χ4n) is 2.19. The summed E-state index contributed by atoms with van der Waals surface area (Å²) in [4.78, 5) is 2.28. The lowest BCUT2D eigenvalue weighted by Crippen LogP contribution is -2.29. The second-order valence-corrected chi connectivity index (χ2v) is 4.40. The number of nitriles is 1. The fourth-order valence-corrected chi connectivity index (χ4v) is 2.19. The summed E-state index contributed by atoms with van der Waals surface area (Å²) in [6, 6.07) is 12.6. The number of nitrogens with zero attached hydrogens (tertiary/aromatic N) is 2. The van der Waals surface area contributed by atoms with Gasteiger partial charge in [-0.3, -0.25) is 0 Å². The second-order valence-electron chi connectivity index (χ2n) is 4.40. The smallest absolute Gasteiger partial charge is 0.0839 e. The maximum absolute atomic E-state index is 9.20. The molecule has 84 valence electrons. The molecule has 1 aromatic rings. The molecule has 1 aromatic carbocycles. The van der Waals surface area contributed by atoms with Crippen LogP contribution in [-0.2, 0) is 0 Å². The average Bonchev–Trinajstić information content (AvgIpc) is 2.73. The van der Waals surface area contributed by atoms with E-state index in [0.29, 0.717) is 0 Å². The molecule has 2 N–H and O–H groups in total. The van der Waals surface area contributed by atoms with Crippen molar-refractivity contribution in [2.24, 2.45) is 5.73 Å². The van der Waals surface area contributed by atoms with Crippen LogP contribution in [0.2, 0.25) is 0 Å². The number of nitrogens with two attached hydrogens (primary N) is 1. The predicted octanol–water partition coefficient (Wildman–Crippen LogP) is 1.33. The summed E-state index contributed by atoms with van der Waals surface area (Å²) in [6.07, 6.45) is 1.05. The van der Waals surface area contributed by atoms with Crippen LogP contribution >= 0.6 is 0 Å². The molecular weight excluding hydrogens is 198 g/mol. The Labute approximate surface area is 96.5 Å². The normalized spacial score (nSPS) is 22.9. The van der Waals surface area contributed by atoms with E-state index in [1.54, 1.807) is 0 Å². The van der Waals surface area contributed by atoms with Gasteiger partial charge in [0.15, 0.2) is 0 Å². The molecule has 0 aliphatic carbocycles. The molecule has 0 aromatic heterocycles. The van der Waals surface area contributed by atoms with Crippen molar-refractivity contribution < 1.29 is 0 Å². The molecule has 0 spiro atoms. The third kappa shape index (κ3) is 2.60. The van der Waals surface area contributed by atoms with Gasteiger partial charge < -0.3 is 10.6 Å². The number of hydrogen-bond acceptors (Lipinski definition) is 3. The minimum Gasteiger partial charge on any atom is -0.326 e. The maximum Gasteiger partial charge on any atom is 0.0839 e. The van der Waals surface area contributed by atoms with E-state index in [4.69, 9.17) is 5.73 Å². The first-order valence-corrected chi connectivity index (χ1v) is 5.72. The molecule has 1 aliphatic rings. The van der Waals surface area contributed by atoms with Gasteiger partial charge in [0.25, 0.3) is 0 Å². The van der Waals surface area contributed by atoms with Gasteiger partial charge in [-0.05, 0) is 18.5 Å². The molecule has 3 heteroatoms. The summed E-state index contributed by atoms with van der Waals surface area (Å²) in [5.41, 5.74) is 6.96. The van der Waals surface area contributed by atoms with E-state index in [-0.39, 0.29) is 12.0 Å². The van der Waals surface area contributed by atoms with Crippen molar-refractivity contribution in [1.82, 2.24) is 4.90 Å². The highest BCUT2D eigenvalue weighted by molar-refractivity contribution is 5.25. The van der Waals surface area contributed by atoms with Crippen molar-refractivity contribution in [3.63, 3.8) is 0 Å². The van der Waals surface area contributed by atoms with Crippen LogP contribution < -0.4 is 5.73 Å². The topological polar surface area (TPSA) is 53.0 Å². The number of likely N-dealkylation sites (tertiary alicyclic amines) is 1. The van der Waals surface area contributed by atoms with Gasteiger partial charge in [0.05, 0.1) is 12.0 Å². The highest BCUT2D eigenvalue weighted by Gasteiger charge is 2.22. The zero-order valence-corrected chi connectivity index (χ0v) is 9.34. The molecule has 1 fully saturated rings. The molecule has 0 saturated carbocycles. The van der Waals surface area contributed by atoms with Gasteiger partial charge in [0.1, 0.15) is 0 Å². The van der Waals surface area contributed by atoms with Crippen LogP contribution in [0.1, 0.15) is 17.9 Å². The van der Waals surface area contributed by atoms with Gasteiger partial charge in [-0.25, -0.2) is 0 Å². The molecule has 1 saturated heterocycles. The van der Waals surface area contributed by atoms with Crippen LogP contribution in [0.5, 0.6) is 0 Å².